The van der Waals surface area contributed by atoms with E-state index in [0.717, 1.165) is 30.2 Å². The van der Waals surface area contributed by atoms with Crippen LogP contribution in [0.2, 0.25) is 5.02 Å². The van der Waals surface area contributed by atoms with Crippen LogP contribution in [0.25, 0.3) is 0 Å². The van der Waals surface area contributed by atoms with Crippen molar-refractivity contribution in [1.82, 2.24) is 9.78 Å². The Morgan fingerprint density at radius 2 is 2.33 bits per heavy atom. The second-order valence-electron chi connectivity index (χ2n) is 5.90. The van der Waals surface area contributed by atoms with E-state index in [2.05, 4.69) is 22.7 Å². The van der Waals surface area contributed by atoms with Crippen LogP contribution in [-0.2, 0) is 11.8 Å². The fourth-order valence-electron chi connectivity index (χ4n) is 3.57. The van der Waals surface area contributed by atoms with Crippen LogP contribution in [0.4, 0.5) is 5.69 Å². The molecule has 0 saturated carbocycles. The Labute approximate surface area is 129 Å². The zero-order valence-corrected chi connectivity index (χ0v) is 12.7. The van der Waals surface area contributed by atoms with Crippen LogP contribution in [-0.4, -0.2) is 16.4 Å². The SMILES string of the molecule is Cn1cc([C@@H]2Nc3ccc(Cl)cc3[C@@H]3OCCC[C@@H]23)cn1. The molecule has 3 atom stereocenters. The van der Waals surface area contributed by atoms with Crippen molar-refractivity contribution in [3.63, 3.8) is 0 Å². The maximum Gasteiger partial charge on any atom is 0.0896 e. The van der Waals surface area contributed by atoms with Crippen LogP contribution >= 0.6 is 11.6 Å². The average Bonchev–Trinajstić information content (AvgIpc) is 2.93. The van der Waals surface area contributed by atoms with E-state index < -0.39 is 0 Å². The molecule has 5 heteroatoms. The fourth-order valence-corrected chi connectivity index (χ4v) is 3.75. The van der Waals surface area contributed by atoms with E-state index in [1.165, 1.54) is 11.1 Å². The first-order valence-electron chi connectivity index (χ1n) is 7.38. The lowest BCUT2D eigenvalue weighted by atomic mass is 9.78. The molecular formula is C16H18ClN3O. The summed E-state index contributed by atoms with van der Waals surface area (Å²) in [6.45, 7) is 0.826. The number of fused-ring (bicyclic) bond motifs is 3. The van der Waals surface area contributed by atoms with Gasteiger partial charge in [0.15, 0.2) is 0 Å². The molecule has 1 aromatic carbocycles. The average molecular weight is 304 g/mol. The summed E-state index contributed by atoms with van der Waals surface area (Å²) in [5.41, 5.74) is 3.53. The molecule has 1 saturated heterocycles. The molecule has 1 aromatic heterocycles. The number of aryl methyl sites for hydroxylation is 1. The lowest BCUT2D eigenvalue weighted by Crippen LogP contribution is -2.35. The Morgan fingerprint density at radius 3 is 3.14 bits per heavy atom. The topological polar surface area (TPSA) is 39.1 Å². The first-order valence-corrected chi connectivity index (χ1v) is 7.76. The van der Waals surface area contributed by atoms with Gasteiger partial charge in [-0.25, -0.2) is 0 Å². The van der Waals surface area contributed by atoms with E-state index >= 15 is 0 Å². The molecule has 2 aromatic rings. The largest absolute Gasteiger partial charge is 0.377 e. The summed E-state index contributed by atoms with van der Waals surface area (Å²) in [5.74, 6) is 0.425. The summed E-state index contributed by atoms with van der Waals surface area (Å²) in [7, 11) is 1.95. The third kappa shape index (κ3) is 2.23. The van der Waals surface area contributed by atoms with Gasteiger partial charge in [0, 0.05) is 47.6 Å². The van der Waals surface area contributed by atoms with Gasteiger partial charge in [0.05, 0.1) is 18.3 Å². The molecule has 2 aliphatic rings. The van der Waals surface area contributed by atoms with E-state index in [0.29, 0.717) is 5.92 Å². The smallest absolute Gasteiger partial charge is 0.0896 e. The summed E-state index contributed by atoms with van der Waals surface area (Å²) in [6.07, 6.45) is 6.42. The van der Waals surface area contributed by atoms with E-state index in [9.17, 15) is 0 Å². The van der Waals surface area contributed by atoms with Gasteiger partial charge in [0.2, 0.25) is 0 Å². The van der Waals surface area contributed by atoms with Gasteiger partial charge < -0.3 is 10.1 Å². The number of nitrogens with zero attached hydrogens (tertiary/aromatic N) is 2. The van der Waals surface area contributed by atoms with Crippen LogP contribution in [0.1, 0.15) is 36.1 Å². The Morgan fingerprint density at radius 1 is 1.43 bits per heavy atom. The number of aromatic nitrogens is 2. The zero-order valence-electron chi connectivity index (χ0n) is 11.9. The maximum atomic E-state index is 6.17. The van der Waals surface area contributed by atoms with Gasteiger partial charge >= 0.3 is 0 Å². The fraction of sp³-hybridized carbons (Fsp3) is 0.438. The molecule has 21 heavy (non-hydrogen) atoms. The van der Waals surface area contributed by atoms with Gasteiger partial charge in [-0.05, 0) is 31.0 Å². The number of hydrogen-bond donors (Lipinski definition) is 1. The molecule has 4 rings (SSSR count). The Kier molecular flexibility index (Phi) is 3.16. The molecule has 110 valence electrons. The molecule has 2 aliphatic heterocycles. The number of ether oxygens (including phenoxy) is 1. The molecule has 0 bridgehead atoms. The zero-order chi connectivity index (χ0) is 14.4. The summed E-state index contributed by atoms with van der Waals surface area (Å²) in [4.78, 5) is 0. The van der Waals surface area contributed by atoms with E-state index in [-0.39, 0.29) is 12.1 Å². The maximum absolute atomic E-state index is 6.17. The lowest BCUT2D eigenvalue weighted by Gasteiger charge is -2.43. The van der Waals surface area contributed by atoms with Crippen LogP contribution < -0.4 is 5.32 Å². The highest BCUT2D eigenvalue weighted by molar-refractivity contribution is 6.30. The predicted molar refractivity (Wildman–Crippen MR) is 82.4 cm³/mol. The van der Waals surface area contributed by atoms with Crippen molar-refractivity contribution in [3.05, 3.63) is 46.7 Å². The second-order valence-corrected chi connectivity index (χ2v) is 6.33. The summed E-state index contributed by atoms with van der Waals surface area (Å²) in [6, 6.07) is 6.26. The quantitative estimate of drug-likeness (QED) is 0.873. The Balaban J connectivity index is 1.78. The van der Waals surface area contributed by atoms with E-state index in [1.807, 2.05) is 30.1 Å². The summed E-state index contributed by atoms with van der Waals surface area (Å²) < 4.78 is 7.95. The van der Waals surface area contributed by atoms with Crippen LogP contribution in [0, 0.1) is 5.92 Å². The molecular weight excluding hydrogens is 286 g/mol. The predicted octanol–water partition coefficient (Wildman–Crippen LogP) is 3.71. The molecule has 3 heterocycles. The van der Waals surface area contributed by atoms with Gasteiger partial charge in [0.25, 0.3) is 0 Å². The molecule has 1 N–H and O–H groups in total. The van der Waals surface area contributed by atoms with Crippen molar-refractivity contribution in [2.24, 2.45) is 13.0 Å². The number of anilines is 1. The molecule has 0 spiro atoms. The summed E-state index contributed by atoms with van der Waals surface area (Å²) in [5, 5.41) is 8.74. The third-order valence-electron chi connectivity index (χ3n) is 4.51. The van der Waals surface area contributed by atoms with Crippen molar-refractivity contribution in [2.75, 3.05) is 11.9 Å². The van der Waals surface area contributed by atoms with Crippen molar-refractivity contribution in [2.45, 2.75) is 25.0 Å². The highest BCUT2D eigenvalue weighted by atomic mass is 35.5. The molecule has 1 fully saturated rings. The molecule has 0 radical (unpaired) electrons. The van der Waals surface area contributed by atoms with Crippen molar-refractivity contribution < 1.29 is 4.74 Å². The minimum Gasteiger partial charge on any atom is -0.377 e. The number of nitrogens with one attached hydrogen (secondary N) is 1. The number of rotatable bonds is 1. The first kappa shape index (κ1) is 13.2. The Bertz CT molecular complexity index is 669. The Hall–Kier alpha value is -1.52. The van der Waals surface area contributed by atoms with Gasteiger partial charge in [-0.1, -0.05) is 11.6 Å². The molecule has 4 nitrogen and oxygen atoms in total. The number of benzene rings is 1. The normalized spacial score (nSPS) is 27.6. The number of halogens is 1. The first-order chi connectivity index (χ1) is 10.2. The van der Waals surface area contributed by atoms with Crippen molar-refractivity contribution in [1.29, 1.82) is 0 Å². The van der Waals surface area contributed by atoms with Crippen molar-refractivity contribution in [3.8, 4) is 0 Å². The highest BCUT2D eigenvalue weighted by Crippen LogP contribution is 2.49. The molecule has 0 unspecified atom stereocenters. The molecule has 0 aliphatic carbocycles. The minimum atomic E-state index is 0.124. The minimum absolute atomic E-state index is 0.124. The molecule has 0 amide bonds. The number of hydrogen-bond acceptors (Lipinski definition) is 3. The summed E-state index contributed by atoms with van der Waals surface area (Å²) >= 11 is 6.17. The van der Waals surface area contributed by atoms with Crippen molar-refractivity contribution >= 4 is 17.3 Å². The lowest BCUT2D eigenvalue weighted by molar-refractivity contribution is -0.0381. The van der Waals surface area contributed by atoms with Crippen LogP contribution in [0.15, 0.2) is 30.6 Å². The van der Waals surface area contributed by atoms with Gasteiger partial charge in [-0.3, -0.25) is 4.68 Å². The highest BCUT2D eigenvalue weighted by Gasteiger charge is 2.40. The third-order valence-corrected chi connectivity index (χ3v) is 4.75. The monoisotopic (exact) mass is 303 g/mol. The van der Waals surface area contributed by atoms with Gasteiger partial charge in [0.1, 0.15) is 0 Å². The van der Waals surface area contributed by atoms with E-state index in [4.69, 9.17) is 16.3 Å². The van der Waals surface area contributed by atoms with Gasteiger partial charge in [-0.2, -0.15) is 5.10 Å². The van der Waals surface area contributed by atoms with E-state index in [1.54, 1.807) is 0 Å². The van der Waals surface area contributed by atoms with Gasteiger partial charge in [-0.15, -0.1) is 0 Å². The van der Waals surface area contributed by atoms with Crippen LogP contribution in [0.5, 0.6) is 0 Å². The van der Waals surface area contributed by atoms with Crippen LogP contribution in [0.3, 0.4) is 0 Å². The second kappa shape index (κ2) is 5.04. The standard InChI is InChI=1S/C16H18ClN3O/c1-20-9-10(8-18-20)15-12-3-2-6-21-16(12)13-7-11(17)4-5-14(13)19-15/h4-5,7-9,12,15-16,19H,2-3,6H2,1H3/t12-,15-,16+/m0/s1.